The highest BCUT2D eigenvalue weighted by atomic mass is 16.5. The van der Waals surface area contributed by atoms with E-state index in [0.29, 0.717) is 17.9 Å². The number of hydrogen-bond acceptors (Lipinski definition) is 7. The number of phenols is 1. The number of aromatic nitrogens is 3. The van der Waals surface area contributed by atoms with Crippen LogP contribution in [-0.4, -0.2) is 33.1 Å². The van der Waals surface area contributed by atoms with E-state index in [1.165, 1.54) is 12.4 Å². The van der Waals surface area contributed by atoms with Crippen molar-refractivity contribution in [3.05, 3.63) is 40.4 Å². The zero-order valence-electron chi connectivity index (χ0n) is 10.7. The second kappa shape index (κ2) is 6.32. The van der Waals surface area contributed by atoms with Gasteiger partial charge in [-0.05, 0) is 19.1 Å². The lowest BCUT2D eigenvalue weighted by molar-refractivity contribution is 0.318. The minimum absolute atomic E-state index is 0.00288. The number of benzene rings is 1. The number of para-hydroxylation sites is 1. The topological polar surface area (TPSA) is 112 Å². The Morgan fingerprint density at radius 2 is 2.40 bits per heavy atom. The van der Waals surface area contributed by atoms with Gasteiger partial charge in [-0.1, -0.05) is 6.07 Å². The molecule has 8 heteroatoms. The summed E-state index contributed by atoms with van der Waals surface area (Å²) in [6, 6.07) is 5.07. The molecule has 0 aliphatic rings. The van der Waals surface area contributed by atoms with E-state index in [1.807, 2.05) is 6.92 Å². The van der Waals surface area contributed by atoms with Crippen LogP contribution in [0.1, 0.15) is 12.5 Å². The first-order valence-corrected chi connectivity index (χ1v) is 5.86. The minimum atomic E-state index is -0.577. The average Bonchev–Trinajstić information content (AvgIpc) is 2.43. The van der Waals surface area contributed by atoms with Crippen molar-refractivity contribution in [3.63, 3.8) is 0 Å². The van der Waals surface area contributed by atoms with E-state index >= 15 is 0 Å². The molecule has 0 aliphatic heterocycles. The molecule has 0 bridgehead atoms. The fraction of sp³-hybridized carbons (Fsp3) is 0.167. The molecule has 0 aliphatic carbocycles. The predicted molar refractivity (Wildman–Crippen MR) is 73.1 cm³/mol. The maximum absolute atomic E-state index is 10.9. The van der Waals surface area contributed by atoms with Crippen molar-refractivity contribution in [2.75, 3.05) is 12.0 Å². The van der Waals surface area contributed by atoms with Crippen LogP contribution in [0.5, 0.6) is 11.5 Å². The highest BCUT2D eigenvalue weighted by molar-refractivity contribution is 5.85. The molecule has 3 N–H and O–H groups in total. The molecule has 1 aromatic heterocycles. The van der Waals surface area contributed by atoms with E-state index in [2.05, 4.69) is 25.7 Å². The van der Waals surface area contributed by atoms with E-state index < -0.39 is 5.69 Å². The van der Waals surface area contributed by atoms with Crippen LogP contribution in [0.25, 0.3) is 0 Å². The summed E-state index contributed by atoms with van der Waals surface area (Å²) >= 11 is 0. The first-order valence-electron chi connectivity index (χ1n) is 5.86. The monoisotopic (exact) mass is 275 g/mol. The van der Waals surface area contributed by atoms with Crippen molar-refractivity contribution >= 4 is 12.0 Å². The van der Waals surface area contributed by atoms with Crippen LogP contribution in [0.3, 0.4) is 0 Å². The number of H-pyrrole nitrogens is 1. The van der Waals surface area contributed by atoms with E-state index in [1.54, 1.807) is 18.2 Å². The number of aromatic amines is 1. The Kier molecular flexibility index (Phi) is 4.28. The van der Waals surface area contributed by atoms with Crippen molar-refractivity contribution in [2.24, 2.45) is 5.10 Å². The van der Waals surface area contributed by atoms with Crippen LogP contribution < -0.4 is 15.9 Å². The zero-order chi connectivity index (χ0) is 14.4. The molecule has 0 spiro atoms. The lowest BCUT2D eigenvalue weighted by Crippen LogP contribution is -2.13. The van der Waals surface area contributed by atoms with Gasteiger partial charge in [-0.15, -0.1) is 0 Å². The summed E-state index contributed by atoms with van der Waals surface area (Å²) in [5, 5.41) is 19.5. The summed E-state index contributed by atoms with van der Waals surface area (Å²) in [6.07, 6.45) is 2.70. The molecule has 0 fully saturated rings. The van der Waals surface area contributed by atoms with E-state index in [0.717, 1.165) is 0 Å². The molecule has 104 valence electrons. The Hall–Kier alpha value is -2.90. The lowest BCUT2D eigenvalue weighted by atomic mass is 10.2. The lowest BCUT2D eigenvalue weighted by Gasteiger charge is -2.07. The molecule has 2 aromatic rings. The van der Waals surface area contributed by atoms with Gasteiger partial charge in [-0.2, -0.15) is 15.2 Å². The summed E-state index contributed by atoms with van der Waals surface area (Å²) < 4.78 is 5.26. The number of aromatic hydroxyl groups is 1. The summed E-state index contributed by atoms with van der Waals surface area (Å²) in [4.78, 5) is 14.5. The van der Waals surface area contributed by atoms with Gasteiger partial charge in [0, 0.05) is 5.56 Å². The number of nitrogens with one attached hydrogen (secondary N) is 2. The average molecular weight is 275 g/mol. The molecule has 1 heterocycles. The van der Waals surface area contributed by atoms with Crippen LogP contribution in [0.15, 0.2) is 34.3 Å². The van der Waals surface area contributed by atoms with E-state index in [9.17, 15) is 9.90 Å². The maximum atomic E-state index is 10.9. The van der Waals surface area contributed by atoms with Gasteiger partial charge in [0.25, 0.3) is 0 Å². The standard InChI is InChI=1S/C12H13N5O3/c1-2-20-9-5-3-4-8(11(9)18)6-13-16-10-7-14-17-12(19)15-10/h3-7,18H,2H2,1H3,(H2,15,16,17,19)/b13-6+. The largest absolute Gasteiger partial charge is 0.504 e. The number of ether oxygens (including phenoxy) is 1. The SMILES string of the molecule is CCOc1cccc(/C=N/Nc2cn[nH]c(=O)n2)c1O. The van der Waals surface area contributed by atoms with Crippen molar-refractivity contribution in [2.45, 2.75) is 6.92 Å². The fourth-order valence-corrected chi connectivity index (χ4v) is 1.45. The van der Waals surface area contributed by atoms with E-state index in [4.69, 9.17) is 4.74 Å². The molecule has 1 aromatic carbocycles. The van der Waals surface area contributed by atoms with Crippen LogP contribution in [-0.2, 0) is 0 Å². The first-order chi connectivity index (χ1) is 9.70. The number of nitrogens with zero attached hydrogens (tertiary/aromatic N) is 3. The molecule has 0 atom stereocenters. The van der Waals surface area contributed by atoms with Crippen LogP contribution in [0, 0.1) is 0 Å². The quantitative estimate of drug-likeness (QED) is 0.547. The molecule has 0 saturated carbocycles. The van der Waals surface area contributed by atoms with Crippen molar-refractivity contribution < 1.29 is 9.84 Å². The Labute approximate surface area is 114 Å². The molecule has 0 unspecified atom stereocenters. The molecule has 0 amide bonds. The van der Waals surface area contributed by atoms with Crippen LogP contribution in [0.2, 0.25) is 0 Å². The van der Waals surface area contributed by atoms with E-state index in [-0.39, 0.29) is 11.6 Å². The van der Waals surface area contributed by atoms with Crippen LogP contribution >= 0.6 is 0 Å². The number of phenolic OH excluding ortho intramolecular Hbond substituents is 1. The zero-order valence-corrected chi connectivity index (χ0v) is 10.7. The third-order valence-electron chi connectivity index (χ3n) is 2.28. The highest BCUT2D eigenvalue weighted by Gasteiger charge is 2.05. The first kappa shape index (κ1) is 13.5. The smallest absolute Gasteiger partial charge is 0.363 e. The second-order valence-corrected chi connectivity index (χ2v) is 3.67. The third-order valence-corrected chi connectivity index (χ3v) is 2.28. The number of hydrazone groups is 1. The van der Waals surface area contributed by atoms with Gasteiger partial charge >= 0.3 is 5.69 Å². The van der Waals surface area contributed by atoms with Gasteiger partial charge in [0.2, 0.25) is 0 Å². The summed E-state index contributed by atoms with van der Waals surface area (Å²) in [5.74, 6) is 0.578. The molecular formula is C12H13N5O3. The van der Waals surface area contributed by atoms with Gasteiger partial charge in [-0.3, -0.25) is 5.43 Å². The maximum Gasteiger partial charge on any atom is 0.363 e. The molecule has 0 saturated heterocycles. The van der Waals surface area contributed by atoms with Crippen molar-refractivity contribution in [3.8, 4) is 11.5 Å². The fourth-order valence-electron chi connectivity index (χ4n) is 1.45. The van der Waals surface area contributed by atoms with Crippen molar-refractivity contribution in [1.29, 1.82) is 0 Å². The molecule has 0 radical (unpaired) electrons. The van der Waals surface area contributed by atoms with Gasteiger partial charge in [0.15, 0.2) is 17.3 Å². The van der Waals surface area contributed by atoms with Crippen molar-refractivity contribution in [1.82, 2.24) is 15.2 Å². The number of anilines is 1. The minimum Gasteiger partial charge on any atom is -0.504 e. The summed E-state index contributed by atoms with van der Waals surface area (Å²) in [6.45, 7) is 2.28. The number of rotatable bonds is 5. The van der Waals surface area contributed by atoms with Crippen LogP contribution in [0.4, 0.5) is 5.82 Å². The Bertz CT molecular complexity index is 668. The number of hydrogen-bond donors (Lipinski definition) is 3. The highest BCUT2D eigenvalue weighted by Crippen LogP contribution is 2.28. The Balaban J connectivity index is 2.12. The second-order valence-electron chi connectivity index (χ2n) is 3.67. The normalized spacial score (nSPS) is 10.7. The molecule has 8 nitrogen and oxygen atoms in total. The Morgan fingerprint density at radius 1 is 1.55 bits per heavy atom. The van der Waals surface area contributed by atoms with Gasteiger partial charge < -0.3 is 9.84 Å². The third kappa shape index (κ3) is 3.31. The van der Waals surface area contributed by atoms with Gasteiger partial charge in [0.05, 0.1) is 19.0 Å². The predicted octanol–water partition coefficient (Wildman–Crippen LogP) is 0.715. The summed E-state index contributed by atoms with van der Waals surface area (Å²) in [7, 11) is 0. The van der Waals surface area contributed by atoms with Gasteiger partial charge in [0.1, 0.15) is 0 Å². The molecule has 2 rings (SSSR count). The molecular weight excluding hydrogens is 262 g/mol. The molecule has 20 heavy (non-hydrogen) atoms. The van der Waals surface area contributed by atoms with Gasteiger partial charge in [-0.25, -0.2) is 9.89 Å². The Morgan fingerprint density at radius 3 is 3.15 bits per heavy atom. The summed E-state index contributed by atoms with van der Waals surface area (Å²) in [5.41, 5.74) is 2.43.